The Labute approximate surface area is 86.1 Å². The summed E-state index contributed by atoms with van der Waals surface area (Å²) in [5.41, 5.74) is -0.430. The van der Waals surface area contributed by atoms with E-state index in [0.717, 1.165) is 12.8 Å². The molecule has 82 valence electrons. The van der Waals surface area contributed by atoms with E-state index in [1.807, 2.05) is 20.8 Å². The number of hydrogen-bond acceptors (Lipinski definition) is 3. The summed E-state index contributed by atoms with van der Waals surface area (Å²) in [5, 5.41) is 0. The fourth-order valence-corrected chi connectivity index (χ4v) is 1.02. The topological polar surface area (TPSA) is 35.5 Å². The van der Waals surface area contributed by atoms with Crippen LogP contribution in [0.3, 0.4) is 0 Å². The number of hydrogen-bond donors (Lipinski definition) is 0. The van der Waals surface area contributed by atoms with Gasteiger partial charge in [-0.25, -0.2) is 4.79 Å². The van der Waals surface area contributed by atoms with Crippen LogP contribution in [0.4, 0.5) is 0 Å². The molecule has 0 aliphatic rings. The number of carbonyl (C=O) groups excluding carboxylic acids is 1. The molecule has 14 heavy (non-hydrogen) atoms. The van der Waals surface area contributed by atoms with Crippen LogP contribution in [0.1, 0.15) is 33.6 Å². The zero-order valence-corrected chi connectivity index (χ0v) is 9.34. The van der Waals surface area contributed by atoms with E-state index < -0.39 is 5.60 Å². The van der Waals surface area contributed by atoms with Crippen molar-refractivity contribution in [3.8, 4) is 0 Å². The average Bonchev–Trinajstić information content (AvgIpc) is 2.18. The average molecular weight is 200 g/mol. The minimum absolute atomic E-state index is 0.370. The highest BCUT2D eigenvalue weighted by molar-refractivity contribution is 5.81. The van der Waals surface area contributed by atoms with Crippen molar-refractivity contribution in [1.29, 1.82) is 0 Å². The highest BCUT2D eigenvalue weighted by Gasteiger charge is 2.25. The van der Waals surface area contributed by atoms with Crippen LogP contribution in [-0.2, 0) is 14.3 Å². The van der Waals surface area contributed by atoms with Crippen LogP contribution < -0.4 is 0 Å². The molecule has 0 spiro atoms. The Morgan fingerprint density at radius 2 is 2.14 bits per heavy atom. The molecule has 0 rings (SSSR count). The van der Waals surface area contributed by atoms with Gasteiger partial charge in [-0.15, -0.1) is 0 Å². The van der Waals surface area contributed by atoms with E-state index in [9.17, 15) is 4.79 Å². The largest absolute Gasteiger partial charge is 0.456 e. The molecule has 3 heteroatoms. The minimum atomic E-state index is -0.430. The molecule has 0 N–H and O–H groups in total. The smallest absolute Gasteiger partial charge is 0.330 e. The van der Waals surface area contributed by atoms with Gasteiger partial charge < -0.3 is 9.47 Å². The second kappa shape index (κ2) is 6.60. The van der Waals surface area contributed by atoms with Crippen LogP contribution in [0, 0.1) is 0 Å². The minimum Gasteiger partial charge on any atom is -0.456 e. The predicted molar refractivity (Wildman–Crippen MR) is 56.1 cm³/mol. The van der Waals surface area contributed by atoms with Gasteiger partial charge in [0.15, 0.2) is 0 Å². The third-order valence-corrected chi connectivity index (χ3v) is 2.24. The maximum absolute atomic E-state index is 11.0. The van der Waals surface area contributed by atoms with E-state index >= 15 is 0 Å². The van der Waals surface area contributed by atoms with E-state index in [1.54, 1.807) is 0 Å². The maximum atomic E-state index is 11.0. The molecular weight excluding hydrogens is 180 g/mol. The first kappa shape index (κ1) is 13.2. The first-order valence-electron chi connectivity index (χ1n) is 5.01. The van der Waals surface area contributed by atoms with Gasteiger partial charge in [0.25, 0.3) is 0 Å². The van der Waals surface area contributed by atoms with Gasteiger partial charge in [-0.2, -0.15) is 0 Å². The molecule has 0 aromatic carbocycles. The summed E-state index contributed by atoms with van der Waals surface area (Å²) in [6, 6.07) is 0. The summed E-state index contributed by atoms with van der Waals surface area (Å²) in [6.07, 6.45) is 2.69. The summed E-state index contributed by atoms with van der Waals surface area (Å²) in [6.45, 7) is 10.5. The van der Waals surface area contributed by atoms with Crippen LogP contribution in [0.2, 0.25) is 0 Å². The van der Waals surface area contributed by atoms with E-state index in [2.05, 4.69) is 6.58 Å². The van der Waals surface area contributed by atoms with Gasteiger partial charge >= 0.3 is 5.97 Å². The van der Waals surface area contributed by atoms with Crippen molar-refractivity contribution in [3.05, 3.63) is 12.7 Å². The Balaban J connectivity index is 4.03. The first-order chi connectivity index (χ1) is 6.58. The fraction of sp³-hybridized carbons (Fsp3) is 0.727. The third kappa shape index (κ3) is 5.02. The monoisotopic (exact) mass is 200 g/mol. The quantitative estimate of drug-likeness (QED) is 0.359. The number of ether oxygens (including phenoxy) is 2. The summed E-state index contributed by atoms with van der Waals surface area (Å²) < 4.78 is 10.5. The fourth-order valence-electron chi connectivity index (χ4n) is 1.02. The van der Waals surface area contributed by atoms with Gasteiger partial charge in [0.2, 0.25) is 0 Å². The third-order valence-electron chi connectivity index (χ3n) is 2.24. The van der Waals surface area contributed by atoms with Crippen molar-refractivity contribution in [2.24, 2.45) is 0 Å². The number of carbonyl (C=O) groups is 1. The molecule has 0 heterocycles. The van der Waals surface area contributed by atoms with Crippen molar-refractivity contribution in [1.82, 2.24) is 0 Å². The summed E-state index contributed by atoms with van der Waals surface area (Å²) >= 11 is 0. The number of rotatable bonds is 7. The van der Waals surface area contributed by atoms with Gasteiger partial charge in [-0.1, -0.05) is 13.5 Å². The first-order valence-corrected chi connectivity index (χ1v) is 5.01. The zero-order valence-electron chi connectivity index (χ0n) is 9.34. The van der Waals surface area contributed by atoms with Crippen molar-refractivity contribution in [2.45, 2.75) is 39.2 Å². The van der Waals surface area contributed by atoms with E-state index in [-0.39, 0.29) is 5.97 Å². The molecule has 0 aliphatic heterocycles. The lowest BCUT2D eigenvalue weighted by molar-refractivity contribution is -0.153. The molecule has 0 amide bonds. The standard InChI is InChI=1S/C11H20O3/c1-5-10(12)14-11(4,6-2)8-9-13-7-3/h5H,1,6-9H2,2-4H3. The maximum Gasteiger partial charge on any atom is 0.330 e. The SMILES string of the molecule is C=CC(=O)OC(C)(CC)CCOCC. The van der Waals surface area contributed by atoms with E-state index in [0.29, 0.717) is 13.2 Å². The van der Waals surface area contributed by atoms with Crippen LogP contribution in [-0.4, -0.2) is 24.8 Å². The number of esters is 1. The Hall–Kier alpha value is -0.830. The lowest BCUT2D eigenvalue weighted by Crippen LogP contribution is -2.31. The van der Waals surface area contributed by atoms with Gasteiger partial charge in [-0.3, -0.25) is 0 Å². The van der Waals surface area contributed by atoms with Crippen molar-refractivity contribution < 1.29 is 14.3 Å². The van der Waals surface area contributed by atoms with Crippen LogP contribution in [0.15, 0.2) is 12.7 Å². The normalized spacial score (nSPS) is 14.5. The van der Waals surface area contributed by atoms with Crippen LogP contribution >= 0.6 is 0 Å². The molecule has 0 bridgehead atoms. The molecule has 0 aliphatic carbocycles. The highest BCUT2D eigenvalue weighted by Crippen LogP contribution is 2.20. The van der Waals surface area contributed by atoms with Gasteiger partial charge in [0.1, 0.15) is 5.60 Å². The van der Waals surface area contributed by atoms with Gasteiger partial charge in [0, 0.05) is 19.1 Å². The van der Waals surface area contributed by atoms with Gasteiger partial charge in [0.05, 0.1) is 6.61 Å². The molecule has 0 aromatic rings. The van der Waals surface area contributed by atoms with E-state index in [4.69, 9.17) is 9.47 Å². The van der Waals surface area contributed by atoms with Crippen molar-refractivity contribution in [3.63, 3.8) is 0 Å². The van der Waals surface area contributed by atoms with Crippen LogP contribution in [0.5, 0.6) is 0 Å². The highest BCUT2D eigenvalue weighted by atomic mass is 16.6. The molecule has 0 radical (unpaired) electrons. The van der Waals surface area contributed by atoms with Gasteiger partial charge in [-0.05, 0) is 20.3 Å². The molecule has 0 saturated carbocycles. The Morgan fingerprint density at radius 1 is 1.50 bits per heavy atom. The Kier molecular flexibility index (Phi) is 6.21. The zero-order chi connectivity index (χ0) is 11.0. The summed E-state index contributed by atoms with van der Waals surface area (Å²) in [4.78, 5) is 11.0. The molecule has 0 aromatic heterocycles. The summed E-state index contributed by atoms with van der Waals surface area (Å²) in [5.74, 6) is -0.370. The molecular formula is C11H20O3. The molecule has 3 nitrogen and oxygen atoms in total. The molecule has 1 unspecified atom stereocenters. The van der Waals surface area contributed by atoms with Crippen molar-refractivity contribution >= 4 is 5.97 Å². The lowest BCUT2D eigenvalue weighted by Gasteiger charge is -2.27. The second-order valence-corrected chi connectivity index (χ2v) is 3.38. The van der Waals surface area contributed by atoms with E-state index in [1.165, 1.54) is 6.08 Å². The van der Waals surface area contributed by atoms with Crippen molar-refractivity contribution in [2.75, 3.05) is 13.2 Å². The molecule has 0 saturated heterocycles. The Bertz CT molecular complexity index is 189. The summed E-state index contributed by atoms with van der Waals surface area (Å²) in [7, 11) is 0. The van der Waals surface area contributed by atoms with Crippen LogP contribution in [0.25, 0.3) is 0 Å². The Morgan fingerprint density at radius 3 is 2.57 bits per heavy atom. The lowest BCUT2D eigenvalue weighted by atomic mass is 9.99. The predicted octanol–water partition coefficient (Wildman–Crippen LogP) is 2.31. The molecule has 0 fully saturated rings. The molecule has 1 atom stereocenters. The second-order valence-electron chi connectivity index (χ2n) is 3.38.